The Morgan fingerprint density at radius 3 is 2.43 bits per heavy atom. The molecule has 3 rings (SSSR count). The van der Waals surface area contributed by atoms with E-state index in [1.54, 1.807) is 0 Å². The van der Waals surface area contributed by atoms with Crippen molar-refractivity contribution in [3.8, 4) is 11.4 Å². The van der Waals surface area contributed by atoms with Crippen molar-refractivity contribution in [2.45, 2.75) is 27.3 Å². The van der Waals surface area contributed by atoms with Crippen LogP contribution in [-0.2, 0) is 6.54 Å². The number of imidazole rings is 1. The first kappa shape index (κ1) is 13.6. The van der Waals surface area contributed by atoms with Gasteiger partial charge in [-0.2, -0.15) is 0 Å². The summed E-state index contributed by atoms with van der Waals surface area (Å²) in [5, 5.41) is 0. The SMILES string of the molecule is Cc1ccc(-c2ncc(C)n2Cc2ccccc2C)cn1. The number of benzene rings is 1. The van der Waals surface area contributed by atoms with Gasteiger partial charge >= 0.3 is 0 Å². The molecule has 0 amide bonds. The van der Waals surface area contributed by atoms with Crippen molar-refractivity contribution in [1.29, 1.82) is 0 Å². The molecular weight excluding hydrogens is 258 g/mol. The molecule has 0 unspecified atom stereocenters. The van der Waals surface area contributed by atoms with E-state index in [4.69, 9.17) is 0 Å². The summed E-state index contributed by atoms with van der Waals surface area (Å²) in [6.45, 7) is 7.07. The monoisotopic (exact) mass is 277 g/mol. The fourth-order valence-corrected chi connectivity index (χ4v) is 2.45. The maximum Gasteiger partial charge on any atom is 0.141 e. The van der Waals surface area contributed by atoms with Crippen LogP contribution in [0.3, 0.4) is 0 Å². The van der Waals surface area contributed by atoms with Gasteiger partial charge in [-0.05, 0) is 44.0 Å². The molecule has 0 atom stereocenters. The van der Waals surface area contributed by atoms with Crippen LogP contribution in [0.1, 0.15) is 22.5 Å². The Morgan fingerprint density at radius 1 is 0.905 bits per heavy atom. The minimum absolute atomic E-state index is 0.835. The smallest absolute Gasteiger partial charge is 0.141 e. The standard InChI is InChI=1S/C18H19N3/c1-13-6-4-5-7-17(13)12-21-15(3)10-20-18(21)16-9-8-14(2)19-11-16/h4-11H,12H2,1-3H3. The van der Waals surface area contributed by atoms with Crippen molar-refractivity contribution in [3.63, 3.8) is 0 Å². The lowest BCUT2D eigenvalue weighted by molar-refractivity contribution is 0.774. The van der Waals surface area contributed by atoms with Gasteiger partial charge in [0.2, 0.25) is 0 Å². The Balaban J connectivity index is 2.01. The zero-order valence-electron chi connectivity index (χ0n) is 12.7. The van der Waals surface area contributed by atoms with Crippen molar-refractivity contribution in [1.82, 2.24) is 14.5 Å². The first-order valence-corrected chi connectivity index (χ1v) is 7.15. The zero-order chi connectivity index (χ0) is 14.8. The molecule has 0 saturated carbocycles. The molecule has 1 aromatic carbocycles. The molecule has 2 heterocycles. The molecule has 3 aromatic rings. The van der Waals surface area contributed by atoms with Crippen LogP contribution >= 0.6 is 0 Å². The van der Waals surface area contributed by atoms with E-state index in [2.05, 4.69) is 58.7 Å². The highest BCUT2D eigenvalue weighted by molar-refractivity contribution is 5.55. The van der Waals surface area contributed by atoms with Crippen LogP contribution in [0, 0.1) is 20.8 Å². The van der Waals surface area contributed by atoms with Crippen LogP contribution in [0.4, 0.5) is 0 Å². The molecule has 3 nitrogen and oxygen atoms in total. The Kier molecular flexibility index (Phi) is 3.57. The zero-order valence-corrected chi connectivity index (χ0v) is 12.7. The average Bonchev–Trinajstić information content (AvgIpc) is 2.84. The van der Waals surface area contributed by atoms with Crippen molar-refractivity contribution in [2.75, 3.05) is 0 Å². The highest BCUT2D eigenvalue weighted by Gasteiger charge is 2.11. The third-order valence-electron chi connectivity index (χ3n) is 3.81. The van der Waals surface area contributed by atoms with Gasteiger partial charge in [-0.1, -0.05) is 24.3 Å². The van der Waals surface area contributed by atoms with Gasteiger partial charge in [0, 0.05) is 35.9 Å². The molecule has 0 aliphatic carbocycles. The second-order valence-corrected chi connectivity index (χ2v) is 5.42. The highest BCUT2D eigenvalue weighted by atomic mass is 15.1. The average molecular weight is 277 g/mol. The van der Waals surface area contributed by atoms with E-state index in [1.165, 1.54) is 11.1 Å². The number of hydrogen-bond acceptors (Lipinski definition) is 2. The van der Waals surface area contributed by atoms with Crippen molar-refractivity contribution in [2.24, 2.45) is 0 Å². The van der Waals surface area contributed by atoms with Gasteiger partial charge in [-0.15, -0.1) is 0 Å². The molecule has 0 saturated heterocycles. The van der Waals surface area contributed by atoms with Gasteiger partial charge in [0.05, 0.1) is 0 Å². The molecule has 0 spiro atoms. The molecule has 0 aliphatic rings. The van der Waals surface area contributed by atoms with Gasteiger partial charge in [-0.3, -0.25) is 4.98 Å². The number of nitrogens with zero attached hydrogens (tertiary/aromatic N) is 3. The van der Waals surface area contributed by atoms with Gasteiger partial charge in [0.15, 0.2) is 0 Å². The Morgan fingerprint density at radius 2 is 1.71 bits per heavy atom. The molecule has 0 fully saturated rings. The summed E-state index contributed by atoms with van der Waals surface area (Å²) in [6, 6.07) is 12.6. The second kappa shape index (κ2) is 5.52. The van der Waals surface area contributed by atoms with Crippen molar-refractivity contribution < 1.29 is 0 Å². The molecule has 0 radical (unpaired) electrons. The summed E-state index contributed by atoms with van der Waals surface area (Å²) >= 11 is 0. The van der Waals surface area contributed by atoms with Crippen LogP contribution in [0.15, 0.2) is 48.8 Å². The molecule has 3 heteroatoms. The third-order valence-corrected chi connectivity index (χ3v) is 3.81. The van der Waals surface area contributed by atoms with Crippen LogP contribution in [0.2, 0.25) is 0 Å². The molecule has 0 bridgehead atoms. The first-order valence-electron chi connectivity index (χ1n) is 7.15. The maximum atomic E-state index is 4.56. The Hall–Kier alpha value is -2.42. The lowest BCUT2D eigenvalue weighted by Gasteiger charge is -2.12. The molecule has 2 aromatic heterocycles. The number of aryl methyl sites for hydroxylation is 3. The predicted molar refractivity (Wildman–Crippen MR) is 85.2 cm³/mol. The molecule has 0 N–H and O–H groups in total. The van der Waals surface area contributed by atoms with E-state index < -0.39 is 0 Å². The fraction of sp³-hybridized carbons (Fsp3) is 0.222. The van der Waals surface area contributed by atoms with Gasteiger partial charge < -0.3 is 4.57 Å². The lowest BCUT2D eigenvalue weighted by Crippen LogP contribution is -2.05. The quantitative estimate of drug-likeness (QED) is 0.726. The van der Waals surface area contributed by atoms with E-state index in [9.17, 15) is 0 Å². The Bertz CT molecular complexity index is 754. The second-order valence-electron chi connectivity index (χ2n) is 5.42. The van der Waals surface area contributed by atoms with E-state index >= 15 is 0 Å². The van der Waals surface area contributed by atoms with E-state index in [0.717, 1.165) is 29.3 Å². The summed E-state index contributed by atoms with van der Waals surface area (Å²) in [5.74, 6) is 0.975. The number of hydrogen-bond donors (Lipinski definition) is 0. The highest BCUT2D eigenvalue weighted by Crippen LogP contribution is 2.21. The number of rotatable bonds is 3. The molecule has 0 aliphatic heterocycles. The normalized spacial score (nSPS) is 10.8. The summed E-state index contributed by atoms with van der Waals surface area (Å²) in [5.41, 5.74) is 5.86. The molecular formula is C18H19N3. The minimum atomic E-state index is 0.835. The van der Waals surface area contributed by atoms with E-state index in [-0.39, 0.29) is 0 Å². The van der Waals surface area contributed by atoms with Crippen LogP contribution < -0.4 is 0 Å². The summed E-state index contributed by atoms with van der Waals surface area (Å²) in [6.07, 6.45) is 3.82. The summed E-state index contributed by atoms with van der Waals surface area (Å²) < 4.78 is 2.24. The Labute approximate surface area is 125 Å². The number of pyridine rings is 1. The van der Waals surface area contributed by atoms with Gasteiger partial charge in [-0.25, -0.2) is 4.98 Å². The number of aromatic nitrogens is 3. The first-order chi connectivity index (χ1) is 10.1. The molecule has 106 valence electrons. The summed E-state index contributed by atoms with van der Waals surface area (Å²) in [4.78, 5) is 8.94. The van der Waals surface area contributed by atoms with Crippen LogP contribution in [0.5, 0.6) is 0 Å². The van der Waals surface area contributed by atoms with Gasteiger partial charge in [0.1, 0.15) is 5.82 Å². The van der Waals surface area contributed by atoms with Crippen molar-refractivity contribution in [3.05, 3.63) is 71.3 Å². The maximum absolute atomic E-state index is 4.56. The lowest BCUT2D eigenvalue weighted by atomic mass is 10.1. The largest absolute Gasteiger partial charge is 0.324 e. The predicted octanol–water partition coefficient (Wildman–Crippen LogP) is 3.92. The van der Waals surface area contributed by atoms with Crippen LogP contribution in [0.25, 0.3) is 11.4 Å². The van der Waals surface area contributed by atoms with Crippen LogP contribution in [-0.4, -0.2) is 14.5 Å². The fourth-order valence-electron chi connectivity index (χ4n) is 2.45. The minimum Gasteiger partial charge on any atom is -0.324 e. The van der Waals surface area contributed by atoms with E-state index in [0.29, 0.717) is 0 Å². The topological polar surface area (TPSA) is 30.7 Å². The molecule has 21 heavy (non-hydrogen) atoms. The van der Waals surface area contributed by atoms with Gasteiger partial charge in [0.25, 0.3) is 0 Å². The van der Waals surface area contributed by atoms with E-state index in [1.807, 2.05) is 25.4 Å². The third kappa shape index (κ3) is 2.72. The summed E-state index contributed by atoms with van der Waals surface area (Å²) in [7, 11) is 0. The van der Waals surface area contributed by atoms with Crippen molar-refractivity contribution >= 4 is 0 Å².